The van der Waals surface area contributed by atoms with Crippen molar-refractivity contribution in [3.05, 3.63) is 91.4 Å². The molecule has 3 aromatic carbocycles. The average Bonchev–Trinajstić information content (AvgIpc) is 2.89. The minimum absolute atomic E-state index is 0.266. The predicted octanol–water partition coefficient (Wildman–Crippen LogP) is 8.22. The predicted molar refractivity (Wildman–Crippen MR) is 133 cm³/mol. The third kappa shape index (κ3) is 5.18. The Kier molecular flexibility index (Phi) is 8.91. The number of fused-ring (bicyclic) bond motifs is 1. The first kappa shape index (κ1) is 27.8. The second-order valence-corrected chi connectivity index (χ2v) is 8.80. The monoisotopic (exact) mass is 607 g/mol. The summed E-state index contributed by atoms with van der Waals surface area (Å²) in [6.45, 7) is 4.00. The first-order chi connectivity index (χ1) is 17.1. The zero-order chi connectivity index (χ0) is 26.7. The topological polar surface area (TPSA) is 40.5 Å². The third-order valence-electron chi connectivity index (χ3n) is 4.72. The van der Waals surface area contributed by atoms with Gasteiger partial charge in [-0.25, -0.2) is 13.2 Å². The van der Waals surface area contributed by atoms with Crippen LogP contribution in [0.5, 0.6) is 11.5 Å². The number of pyridine rings is 1. The lowest BCUT2D eigenvalue weighted by Crippen LogP contribution is -2.18. The van der Waals surface area contributed by atoms with E-state index in [-0.39, 0.29) is 10.5 Å². The molecular weight excluding hydrogens is 593 g/mol. The number of halogens is 7. The van der Waals surface area contributed by atoms with Crippen LogP contribution in [0.3, 0.4) is 0 Å². The van der Waals surface area contributed by atoms with Crippen LogP contribution < -0.4 is 14.5 Å². The molecule has 0 saturated carbocycles. The minimum atomic E-state index is -2.28. The van der Waals surface area contributed by atoms with Gasteiger partial charge in [0.05, 0.1) is 35.4 Å². The number of rotatable bonds is 5. The maximum atomic E-state index is 13.9. The summed E-state index contributed by atoms with van der Waals surface area (Å²) in [5, 5.41) is 0.842. The zero-order valence-corrected chi connectivity index (χ0v) is 21.9. The molecule has 0 unspecified atom stereocenters. The Morgan fingerprint density at radius 2 is 1.50 bits per heavy atom. The Morgan fingerprint density at radius 1 is 0.889 bits per heavy atom. The van der Waals surface area contributed by atoms with E-state index in [0.717, 1.165) is 0 Å². The van der Waals surface area contributed by atoms with Crippen LogP contribution in [0.1, 0.15) is 13.8 Å². The molecule has 0 spiro atoms. The van der Waals surface area contributed by atoms with Gasteiger partial charge in [-0.15, -0.1) is 0 Å². The summed E-state index contributed by atoms with van der Waals surface area (Å²) in [6.07, 6.45) is 0. The molecule has 0 amide bonds. The first-order valence-electron chi connectivity index (χ1n) is 10.2. The van der Waals surface area contributed by atoms with Gasteiger partial charge in [0.1, 0.15) is 5.75 Å². The van der Waals surface area contributed by atoms with E-state index in [1.807, 2.05) is 13.8 Å². The number of benzene rings is 3. The highest BCUT2D eigenvalue weighted by molar-refractivity contribution is 9.10. The number of hydrogen-bond donors (Lipinski definition) is 0. The Hall–Kier alpha value is -2.76. The van der Waals surface area contributed by atoms with Crippen molar-refractivity contribution >= 4 is 50.5 Å². The smallest absolute Gasteiger partial charge is 0.255 e. The summed E-state index contributed by atoms with van der Waals surface area (Å²) in [6, 6.07) is 10.4. The van der Waals surface area contributed by atoms with Crippen molar-refractivity contribution in [2.45, 2.75) is 18.7 Å². The maximum absolute atomic E-state index is 13.9. The molecule has 0 aliphatic carbocycles. The normalized spacial score (nSPS) is 10.7. The quantitative estimate of drug-likeness (QED) is 0.0991. The van der Waals surface area contributed by atoms with Gasteiger partial charge in [-0.3, -0.25) is 9.36 Å². The van der Waals surface area contributed by atoms with E-state index in [1.54, 1.807) is 12.1 Å². The highest BCUT2D eigenvalue weighted by Gasteiger charge is 2.27. The van der Waals surface area contributed by atoms with Gasteiger partial charge in [-0.1, -0.05) is 25.4 Å². The third-order valence-corrected chi connectivity index (χ3v) is 6.61. The molecule has 0 radical (unpaired) electrons. The minimum Gasteiger partial charge on any atom is -0.495 e. The van der Waals surface area contributed by atoms with Gasteiger partial charge >= 0.3 is 0 Å². The highest BCUT2D eigenvalue weighted by Crippen LogP contribution is 2.36. The fourth-order valence-corrected chi connectivity index (χ4v) is 4.23. The van der Waals surface area contributed by atoms with Crippen LogP contribution in [0.4, 0.5) is 22.0 Å². The number of methoxy groups -OCH3 is 1. The van der Waals surface area contributed by atoms with Crippen molar-refractivity contribution in [2.24, 2.45) is 0 Å². The van der Waals surface area contributed by atoms with Crippen molar-refractivity contribution < 1.29 is 30.9 Å². The number of aromatic nitrogens is 1. The fourth-order valence-electron chi connectivity index (χ4n) is 3.13. The second-order valence-electron chi connectivity index (χ2n) is 6.73. The van der Waals surface area contributed by atoms with Crippen LogP contribution in [-0.2, 0) is 0 Å². The highest BCUT2D eigenvalue weighted by atomic mass is 79.9. The molecule has 190 valence electrons. The SMILES string of the molecule is CC.COc1cc(Br)c(Cl)cc1-n1c(=O)ccc2cc(SOc3c(F)c(F)c(F)c(F)c3F)ccc21. The average molecular weight is 609 g/mol. The van der Waals surface area contributed by atoms with Gasteiger partial charge < -0.3 is 8.92 Å². The lowest BCUT2D eigenvalue weighted by molar-refractivity contribution is 0.355. The molecule has 0 N–H and O–H groups in total. The van der Waals surface area contributed by atoms with Crippen molar-refractivity contribution in [1.29, 1.82) is 0 Å². The summed E-state index contributed by atoms with van der Waals surface area (Å²) in [4.78, 5) is 13.0. The van der Waals surface area contributed by atoms with E-state index >= 15 is 0 Å². The second kappa shape index (κ2) is 11.5. The van der Waals surface area contributed by atoms with Crippen LogP contribution in [0, 0.1) is 29.1 Å². The molecular formula is C24H16BrClF5NO3S. The van der Waals surface area contributed by atoms with Gasteiger partial charge in [-0.2, -0.15) is 8.78 Å². The maximum Gasteiger partial charge on any atom is 0.255 e. The van der Waals surface area contributed by atoms with Gasteiger partial charge in [-0.05, 0) is 52.3 Å². The Balaban J connectivity index is 0.00000176. The number of nitrogens with zero attached hydrogens (tertiary/aromatic N) is 1. The fraction of sp³-hybridized carbons (Fsp3) is 0.125. The lowest BCUT2D eigenvalue weighted by Gasteiger charge is -2.15. The van der Waals surface area contributed by atoms with Crippen LogP contribution >= 0.6 is 39.6 Å². The Morgan fingerprint density at radius 3 is 2.11 bits per heavy atom. The van der Waals surface area contributed by atoms with Crippen molar-refractivity contribution in [1.82, 2.24) is 4.57 Å². The molecule has 0 fully saturated rings. The molecule has 4 aromatic rings. The van der Waals surface area contributed by atoms with Gasteiger partial charge in [0.15, 0.2) is 0 Å². The molecule has 4 rings (SSSR count). The number of ether oxygens (including phenoxy) is 1. The van der Waals surface area contributed by atoms with Gasteiger partial charge in [0.25, 0.3) is 5.56 Å². The molecule has 0 aliphatic rings. The van der Waals surface area contributed by atoms with Crippen molar-refractivity contribution in [2.75, 3.05) is 7.11 Å². The largest absolute Gasteiger partial charge is 0.495 e. The molecule has 0 saturated heterocycles. The summed E-state index contributed by atoms with van der Waals surface area (Å²) in [5.74, 6) is -11.7. The lowest BCUT2D eigenvalue weighted by atomic mass is 10.2. The van der Waals surface area contributed by atoms with Gasteiger partial charge in [0, 0.05) is 20.8 Å². The van der Waals surface area contributed by atoms with Crippen molar-refractivity contribution in [3.8, 4) is 17.2 Å². The van der Waals surface area contributed by atoms with Crippen molar-refractivity contribution in [3.63, 3.8) is 0 Å². The van der Waals surface area contributed by atoms with Crippen LogP contribution in [0.25, 0.3) is 16.6 Å². The van der Waals surface area contributed by atoms with E-state index in [4.69, 9.17) is 20.5 Å². The molecule has 0 aliphatic heterocycles. The van der Waals surface area contributed by atoms with Crippen LogP contribution in [-0.4, -0.2) is 11.7 Å². The van der Waals surface area contributed by atoms with Crippen LogP contribution in [0.15, 0.2) is 56.6 Å². The van der Waals surface area contributed by atoms with E-state index in [9.17, 15) is 26.7 Å². The molecule has 4 nitrogen and oxygen atoms in total. The summed E-state index contributed by atoms with van der Waals surface area (Å²) in [5.41, 5.74) is 0.413. The zero-order valence-electron chi connectivity index (χ0n) is 18.8. The first-order valence-corrected chi connectivity index (χ1v) is 12.1. The molecule has 1 heterocycles. The number of hydrogen-bond acceptors (Lipinski definition) is 4. The van der Waals surface area contributed by atoms with E-state index in [0.29, 0.717) is 43.9 Å². The summed E-state index contributed by atoms with van der Waals surface area (Å²) < 4.78 is 79.8. The molecule has 0 bridgehead atoms. The molecule has 0 atom stereocenters. The summed E-state index contributed by atoms with van der Waals surface area (Å²) >= 11 is 9.88. The molecule has 1 aromatic heterocycles. The van der Waals surface area contributed by atoms with Crippen LogP contribution in [0.2, 0.25) is 5.02 Å². The van der Waals surface area contributed by atoms with E-state index in [2.05, 4.69) is 15.9 Å². The Bertz CT molecular complexity index is 1490. The standard InChI is InChI=1S/C22H10BrClF5NO3S.C2H6/c1-32-15-7-11(23)12(24)8-14(15)30-13-4-3-10(6-9(13)2-5-16(30)31)34-33-22-20(28)18(26)17(25)19(27)21(22)29;1-2/h2-8H,1H3;1-2H3. The van der Waals surface area contributed by atoms with E-state index in [1.165, 1.54) is 42.0 Å². The molecule has 12 heteroatoms. The van der Waals surface area contributed by atoms with E-state index < -0.39 is 34.8 Å². The van der Waals surface area contributed by atoms with Gasteiger partial charge in [0.2, 0.25) is 34.8 Å². The summed E-state index contributed by atoms with van der Waals surface area (Å²) in [7, 11) is 1.43. The molecule has 36 heavy (non-hydrogen) atoms. The Labute approximate surface area is 219 Å².